The second-order valence-electron chi connectivity index (χ2n) is 7.33. The Morgan fingerprint density at radius 3 is 2.67 bits per heavy atom. The Morgan fingerprint density at radius 2 is 1.93 bits per heavy atom. The predicted molar refractivity (Wildman–Crippen MR) is 119 cm³/mol. The maximum Gasteiger partial charge on any atom is 0.194 e. The summed E-state index contributed by atoms with van der Waals surface area (Å²) in [5.41, 5.74) is 4.63. The van der Waals surface area contributed by atoms with Gasteiger partial charge in [0, 0.05) is 32.6 Å². The fourth-order valence-electron chi connectivity index (χ4n) is 3.88. The lowest BCUT2D eigenvalue weighted by Crippen LogP contribution is -2.44. The molecule has 7 heteroatoms. The van der Waals surface area contributed by atoms with E-state index in [9.17, 15) is 0 Å². The molecule has 0 aliphatic carbocycles. The van der Waals surface area contributed by atoms with E-state index in [4.69, 9.17) is 14.5 Å². The van der Waals surface area contributed by atoms with Crippen LogP contribution in [0.5, 0.6) is 11.5 Å². The largest absolute Gasteiger partial charge is 0.493 e. The number of para-hydroxylation sites is 2. The summed E-state index contributed by atoms with van der Waals surface area (Å²) in [5.74, 6) is 3.46. The second-order valence-corrected chi connectivity index (χ2v) is 7.33. The number of nitrogens with one attached hydrogen (secondary N) is 2. The summed E-state index contributed by atoms with van der Waals surface area (Å²) in [6.07, 6.45) is 1.72. The minimum atomic E-state index is 0.678. The number of imidazole rings is 1. The van der Waals surface area contributed by atoms with E-state index < -0.39 is 0 Å². The van der Waals surface area contributed by atoms with Crippen LogP contribution in [0.4, 0.5) is 0 Å². The molecule has 30 heavy (non-hydrogen) atoms. The molecule has 0 fully saturated rings. The van der Waals surface area contributed by atoms with E-state index in [0.717, 1.165) is 66.8 Å². The van der Waals surface area contributed by atoms with Crippen molar-refractivity contribution < 1.29 is 9.47 Å². The molecule has 0 saturated heterocycles. The minimum Gasteiger partial charge on any atom is -0.493 e. The van der Waals surface area contributed by atoms with Crippen molar-refractivity contribution in [2.45, 2.75) is 26.3 Å². The number of ether oxygens (including phenoxy) is 2. The standard InChI is InChI=1S/C23H29N5O2/c1-4-24-23(25-11-9-22-26-18-7-5-6-8-19(18)27-22)28-12-10-16-13-20(29-2)21(30-3)14-17(16)15-28/h5-8,13-14H,4,9-12,15H2,1-3H3,(H,24,25)(H,26,27). The van der Waals surface area contributed by atoms with Crippen molar-refractivity contribution >= 4 is 17.0 Å². The van der Waals surface area contributed by atoms with Crippen LogP contribution in [0.15, 0.2) is 41.4 Å². The maximum absolute atomic E-state index is 5.48. The zero-order valence-electron chi connectivity index (χ0n) is 17.9. The summed E-state index contributed by atoms with van der Waals surface area (Å²) in [6.45, 7) is 5.32. The van der Waals surface area contributed by atoms with E-state index in [1.165, 1.54) is 11.1 Å². The zero-order chi connectivity index (χ0) is 20.9. The molecule has 0 amide bonds. The zero-order valence-corrected chi connectivity index (χ0v) is 17.9. The summed E-state index contributed by atoms with van der Waals surface area (Å²) in [7, 11) is 3.35. The molecule has 3 aromatic rings. The van der Waals surface area contributed by atoms with Crippen molar-refractivity contribution in [1.29, 1.82) is 0 Å². The Bertz CT molecular complexity index is 1010. The SMILES string of the molecule is CCNC(=NCCc1nc2ccccc2[nH]1)N1CCc2cc(OC)c(OC)cc2C1. The molecule has 1 aromatic heterocycles. The number of aromatic amines is 1. The Labute approximate surface area is 177 Å². The summed E-state index contributed by atoms with van der Waals surface area (Å²) in [5, 5.41) is 3.44. The summed E-state index contributed by atoms with van der Waals surface area (Å²) >= 11 is 0. The highest BCUT2D eigenvalue weighted by Gasteiger charge is 2.21. The number of guanidine groups is 1. The molecular formula is C23H29N5O2. The number of fused-ring (bicyclic) bond motifs is 2. The van der Waals surface area contributed by atoms with Gasteiger partial charge in [-0.25, -0.2) is 4.98 Å². The van der Waals surface area contributed by atoms with Crippen LogP contribution in [0.2, 0.25) is 0 Å². The van der Waals surface area contributed by atoms with Gasteiger partial charge in [0.15, 0.2) is 17.5 Å². The number of aliphatic imine (C=N–C) groups is 1. The predicted octanol–water partition coefficient (Wildman–Crippen LogP) is 3.15. The van der Waals surface area contributed by atoms with E-state index >= 15 is 0 Å². The van der Waals surface area contributed by atoms with Gasteiger partial charge in [-0.1, -0.05) is 12.1 Å². The number of rotatable bonds is 6. The summed E-state index contributed by atoms with van der Waals surface area (Å²) in [6, 6.07) is 12.3. The van der Waals surface area contributed by atoms with Gasteiger partial charge in [-0.05, 0) is 48.7 Å². The van der Waals surface area contributed by atoms with Crippen LogP contribution in [0.25, 0.3) is 11.0 Å². The number of hydrogen-bond acceptors (Lipinski definition) is 4. The maximum atomic E-state index is 5.48. The van der Waals surface area contributed by atoms with Gasteiger partial charge < -0.3 is 24.7 Å². The van der Waals surface area contributed by atoms with Crippen LogP contribution < -0.4 is 14.8 Å². The minimum absolute atomic E-state index is 0.678. The van der Waals surface area contributed by atoms with Crippen molar-refractivity contribution in [3.05, 3.63) is 53.3 Å². The molecule has 158 valence electrons. The number of benzene rings is 2. The van der Waals surface area contributed by atoms with Crippen LogP contribution >= 0.6 is 0 Å². The third-order valence-electron chi connectivity index (χ3n) is 5.40. The summed E-state index contributed by atoms with van der Waals surface area (Å²) < 4.78 is 10.9. The lowest BCUT2D eigenvalue weighted by atomic mass is 9.99. The first kappa shape index (κ1) is 20.1. The lowest BCUT2D eigenvalue weighted by molar-refractivity contribution is 0.346. The molecule has 0 unspecified atom stereocenters. The molecule has 4 rings (SSSR count). The highest BCUT2D eigenvalue weighted by molar-refractivity contribution is 5.80. The number of methoxy groups -OCH3 is 2. The van der Waals surface area contributed by atoms with Crippen LogP contribution in [0.1, 0.15) is 23.9 Å². The molecule has 0 bridgehead atoms. The Balaban J connectivity index is 1.47. The third-order valence-corrected chi connectivity index (χ3v) is 5.40. The van der Waals surface area contributed by atoms with Gasteiger partial charge in [-0.2, -0.15) is 0 Å². The van der Waals surface area contributed by atoms with Crippen molar-refractivity contribution in [3.8, 4) is 11.5 Å². The van der Waals surface area contributed by atoms with Crippen molar-refractivity contribution in [2.75, 3.05) is 33.9 Å². The van der Waals surface area contributed by atoms with Crippen molar-refractivity contribution in [3.63, 3.8) is 0 Å². The molecule has 1 aliphatic rings. The van der Waals surface area contributed by atoms with E-state index in [1.807, 2.05) is 24.3 Å². The normalized spacial score (nSPS) is 14.0. The average molecular weight is 408 g/mol. The molecule has 7 nitrogen and oxygen atoms in total. The quantitative estimate of drug-likeness (QED) is 0.485. The lowest BCUT2D eigenvalue weighted by Gasteiger charge is -2.32. The second kappa shape index (κ2) is 9.07. The van der Waals surface area contributed by atoms with Crippen LogP contribution in [-0.2, 0) is 19.4 Å². The van der Waals surface area contributed by atoms with Crippen LogP contribution in [-0.4, -0.2) is 54.7 Å². The highest BCUT2D eigenvalue weighted by Crippen LogP contribution is 2.33. The van der Waals surface area contributed by atoms with Crippen molar-refractivity contribution in [2.24, 2.45) is 4.99 Å². The smallest absolute Gasteiger partial charge is 0.194 e. The Kier molecular flexibility index (Phi) is 6.07. The molecule has 0 atom stereocenters. The topological polar surface area (TPSA) is 74.8 Å². The first-order valence-corrected chi connectivity index (χ1v) is 10.4. The number of nitrogens with zero attached hydrogens (tertiary/aromatic N) is 3. The monoisotopic (exact) mass is 407 g/mol. The van der Waals surface area contributed by atoms with E-state index in [0.29, 0.717) is 6.54 Å². The van der Waals surface area contributed by atoms with Gasteiger partial charge in [0.05, 0.1) is 25.3 Å². The van der Waals surface area contributed by atoms with Gasteiger partial charge in [0.25, 0.3) is 0 Å². The molecule has 2 N–H and O–H groups in total. The molecular weight excluding hydrogens is 378 g/mol. The fourth-order valence-corrected chi connectivity index (χ4v) is 3.88. The Hall–Kier alpha value is -3.22. The first-order valence-electron chi connectivity index (χ1n) is 10.4. The summed E-state index contributed by atoms with van der Waals surface area (Å²) in [4.78, 5) is 15.2. The van der Waals surface area contributed by atoms with Gasteiger partial charge in [0.2, 0.25) is 0 Å². The molecule has 1 aliphatic heterocycles. The first-order chi connectivity index (χ1) is 14.7. The van der Waals surface area contributed by atoms with E-state index in [-0.39, 0.29) is 0 Å². The molecule has 0 spiro atoms. The van der Waals surface area contributed by atoms with E-state index in [2.05, 4.69) is 39.2 Å². The molecule has 0 saturated carbocycles. The average Bonchev–Trinajstić information content (AvgIpc) is 3.20. The van der Waals surface area contributed by atoms with Gasteiger partial charge in [-0.15, -0.1) is 0 Å². The van der Waals surface area contributed by atoms with Gasteiger partial charge in [-0.3, -0.25) is 4.99 Å². The van der Waals surface area contributed by atoms with Gasteiger partial charge >= 0.3 is 0 Å². The number of aromatic nitrogens is 2. The number of hydrogen-bond donors (Lipinski definition) is 2. The molecule has 2 heterocycles. The highest BCUT2D eigenvalue weighted by atomic mass is 16.5. The van der Waals surface area contributed by atoms with Crippen LogP contribution in [0.3, 0.4) is 0 Å². The van der Waals surface area contributed by atoms with Crippen molar-refractivity contribution in [1.82, 2.24) is 20.2 Å². The molecule has 2 aromatic carbocycles. The third kappa shape index (κ3) is 4.20. The Morgan fingerprint density at radius 1 is 1.17 bits per heavy atom. The number of H-pyrrole nitrogens is 1. The van der Waals surface area contributed by atoms with Crippen LogP contribution in [0, 0.1) is 0 Å². The molecule has 0 radical (unpaired) electrons. The van der Waals surface area contributed by atoms with Gasteiger partial charge in [0.1, 0.15) is 5.82 Å². The van der Waals surface area contributed by atoms with E-state index in [1.54, 1.807) is 14.2 Å². The fraction of sp³-hybridized carbons (Fsp3) is 0.391.